The van der Waals surface area contributed by atoms with Crippen molar-refractivity contribution in [2.24, 2.45) is 0 Å². The number of aliphatic hydroxyl groups is 1. The Morgan fingerprint density at radius 1 is 1.11 bits per heavy atom. The number of carbonyl (C=O) groups excluding carboxylic acids is 3. The molecule has 1 aliphatic heterocycles. The second-order valence-corrected chi connectivity index (χ2v) is 8.52. The van der Waals surface area contributed by atoms with E-state index in [4.69, 9.17) is 4.74 Å². The van der Waals surface area contributed by atoms with Crippen LogP contribution in [-0.4, -0.2) is 88.8 Å². The Kier molecular flexibility index (Phi) is 11.5. The third-order valence-corrected chi connectivity index (χ3v) is 5.66. The summed E-state index contributed by atoms with van der Waals surface area (Å²) in [5.74, 6) is -0.718. The Morgan fingerprint density at radius 2 is 1.69 bits per heavy atom. The average molecular weight is 509 g/mol. The lowest BCUT2D eigenvalue weighted by Gasteiger charge is -2.22. The topological polar surface area (TPSA) is 175 Å². The molecule has 0 spiro atoms. The first-order chi connectivity index (χ1) is 17.1. The van der Waals surface area contributed by atoms with Crippen LogP contribution >= 0.6 is 0 Å². The van der Waals surface area contributed by atoms with Crippen molar-refractivity contribution in [3.05, 3.63) is 38.7 Å². The molecule has 13 heteroatoms. The molecule has 1 aromatic heterocycles. The smallest absolute Gasteiger partial charge is 0.330 e. The molecule has 2 heterocycles. The van der Waals surface area contributed by atoms with Crippen LogP contribution in [0.5, 0.6) is 0 Å². The Hall–Kier alpha value is -3.29. The molecule has 1 saturated heterocycles. The molecule has 0 radical (unpaired) electrons. The zero-order chi connectivity index (χ0) is 26.7. The lowest BCUT2D eigenvalue weighted by Crippen LogP contribution is -2.42. The summed E-state index contributed by atoms with van der Waals surface area (Å²) >= 11 is 0. The second kappa shape index (κ2) is 14.3. The van der Waals surface area contributed by atoms with Crippen LogP contribution < -0.4 is 27.2 Å². The van der Waals surface area contributed by atoms with Crippen molar-refractivity contribution in [3.63, 3.8) is 0 Å². The predicted molar refractivity (Wildman–Crippen MR) is 132 cm³/mol. The Morgan fingerprint density at radius 3 is 2.22 bits per heavy atom. The van der Waals surface area contributed by atoms with Gasteiger partial charge in [0.05, 0.1) is 17.8 Å². The fourth-order valence-corrected chi connectivity index (χ4v) is 3.76. The summed E-state index contributed by atoms with van der Waals surface area (Å²) in [7, 11) is 0. The molecular formula is C23H36N6O7. The van der Waals surface area contributed by atoms with Gasteiger partial charge in [0, 0.05) is 71.8 Å². The van der Waals surface area contributed by atoms with Crippen molar-refractivity contribution in [2.45, 2.75) is 52.0 Å². The lowest BCUT2D eigenvalue weighted by atomic mass is 10.1. The number of aliphatic hydroxyl groups excluding tert-OH is 1. The highest BCUT2D eigenvalue weighted by Gasteiger charge is 2.34. The van der Waals surface area contributed by atoms with E-state index in [1.54, 1.807) is 0 Å². The van der Waals surface area contributed by atoms with Crippen molar-refractivity contribution in [1.29, 1.82) is 0 Å². The van der Waals surface area contributed by atoms with Gasteiger partial charge in [-0.1, -0.05) is 6.92 Å². The Balaban J connectivity index is 1.94. The van der Waals surface area contributed by atoms with Crippen LogP contribution in [0.1, 0.15) is 45.4 Å². The summed E-state index contributed by atoms with van der Waals surface area (Å²) < 4.78 is 6.91. The summed E-state index contributed by atoms with van der Waals surface area (Å²) in [6, 6.07) is 0. The number of nitrogens with one attached hydrogen (secondary N) is 4. The van der Waals surface area contributed by atoms with Crippen molar-refractivity contribution < 1.29 is 24.2 Å². The first-order valence-corrected chi connectivity index (χ1v) is 12.0. The van der Waals surface area contributed by atoms with Crippen LogP contribution in [0.2, 0.25) is 0 Å². The molecule has 0 aromatic carbocycles. The summed E-state index contributed by atoms with van der Waals surface area (Å²) in [5, 5.41) is 18.2. The van der Waals surface area contributed by atoms with Crippen LogP contribution in [-0.2, 0) is 19.1 Å². The minimum Gasteiger partial charge on any atom is -0.390 e. The number of hydrogen-bond acceptors (Lipinski definition) is 8. The van der Waals surface area contributed by atoms with E-state index in [2.05, 4.69) is 20.9 Å². The van der Waals surface area contributed by atoms with Crippen LogP contribution in [0, 0.1) is 0 Å². The number of hydrogen-bond donors (Lipinski definition) is 5. The van der Waals surface area contributed by atoms with Gasteiger partial charge >= 0.3 is 5.69 Å². The number of ether oxygens (including phenoxy) is 1. The van der Waals surface area contributed by atoms with E-state index < -0.39 is 35.6 Å². The van der Waals surface area contributed by atoms with Crippen molar-refractivity contribution in [3.8, 4) is 0 Å². The van der Waals surface area contributed by atoms with Gasteiger partial charge in [-0.2, -0.15) is 0 Å². The molecule has 0 unspecified atom stereocenters. The molecular weight excluding hydrogens is 472 g/mol. The molecule has 0 bridgehead atoms. The van der Waals surface area contributed by atoms with Crippen LogP contribution in [0.3, 0.4) is 0 Å². The minimum atomic E-state index is -0.712. The predicted octanol–water partition coefficient (Wildman–Crippen LogP) is -1.70. The van der Waals surface area contributed by atoms with Gasteiger partial charge in [0.2, 0.25) is 17.7 Å². The molecule has 1 fully saturated rings. The van der Waals surface area contributed by atoms with Crippen molar-refractivity contribution >= 4 is 23.8 Å². The summed E-state index contributed by atoms with van der Waals surface area (Å²) in [4.78, 5) is 63.1. The maximum Gasteiger partial charge on any atom is 0.330 e. The fourth-order valence-electron chi connectivity index (χ4n) is 3.76. The third kappa shape index (κ3) is 9.40. The molecule has 1 aromatic rings. The molecule has 5 N–H and O–H groups in total. The maximum atomic E-state index is 12.3. The molecule has 200 valence electrons. The Labute approximate surface area is 208 Å². The zero-order valence-electron chi connectivity index (χ0n) is 20.9. The first kappa shape index (κ1) is 28.9. The quantitative estimate of drug-likeness (QED) is 0.196. The molecule has 2 rings (SSSR count). The number of H-pyrrole nitrogens is 1. The SMILES string of the molecule is CC[C@H]1O[C@@H](n2cc(/C=C/C(=O)NCCN(CCNC(C)=O)CCNC(C)=O)c(=O)[nH]c2=O)C[C@H]1O. The van der Waals surface area contributed by atoms with E-state index in [-0.39, 0.29) is 23.8 Å². The highest BCUT2D eigenvalue weighted by atomic mass is 16.5. The standard InChI is InChI=1S/C23H36N6O7/c1-4-19-18(32)13-21(36-19)29-14-17(22(34)27-23(29)35)5-6-20(33)26-9-12-28(10-7-24-15(2)30)11-8-25-16(3)31/h5-6,14,18-19,21,32H,4,7-13H2,1-3H3,(H,24,30)(H,25,31)(H,26,33)(H,27,34,35)/b6-5+/t18-,19-,21-/m1/s1. The fraction of sp³-hybridized carbons (Fsp3) is 0.609. The summed E-state index contributed by atoms with van der Waals surface area (Å²) in [6.45, 7) is 7.44. The monoisotopic (exact) mass is 508 g/mol. The van der Waals surface area contributed by atoms with E-state index in [9.17, 15) is 29.1 Å². The Bertz CT molecular complexity index is 1030. The molecule has 3 amide bonds. The van der Waals surface area contributed by atoms with Crippen LogP contribution in [0.4, 0.5) is 0 Å². The number of amides is 3. The number of rotatable bonds is 13. The number of aromatic nitrogens is 2. The highest BCUT2D eigenvalue weighted by molar-refractivity contribution is 5.91. The average Bonchev–Trinajstić information content (AvgIpc) is 3.18. The molecule has 36 heavy (non-hydrogen) atoms. The third-order valence-electron chi connectivity index (χ3n) is 5.66. The van der Waals surface area contributed by atoms with Crippen LogP contribution in [0.25, 0.3) is 6.08 Å². The van der Waals surface area contributed by atoms with Gasteiger partial charge in [0.15, 0.2) is 0 Å². The molecule has 13 nitrogen and oxygen atoms in total. The van der Waals surface area contributed by atoms with E-state index in [1.165, 1.54) is 36.8 Å². The van der Waals surface area contributed by atoms with Crippen molar-refractivity contribution in [1.82, 2.24) is 30.4 Å². The summed E-state index contributed by atoms with van der Waals surface area (Å²) in [5.41, 5.74) is -1.21. The normalized spacial score (nSPS) is 19.5. The number of nitrogens with zero attached hydrogens (tertiary/aromatic N) is 2. The highest BCUT2D eigenvalue weighted by Crippen LogP contribution is 2.29. The van der Waals surface area contributed by atoms with Crippen molar-refractivity contribution in [2.75, 3.05) is 39.3 Å². The zero-order valence-corrected chi connectivity index (χ0v) is 20.9. The molecule has 1 aliphatic rings. The maximum absolute atomic E-state index is 12.3. The first-order valence-electron chi connectivity index (χ1n) is 12.0. The van der Waals surface area contributed by atoms with Crippen LogP contribution in [0.15, 0.2) is 21.9 Å². The number of carbonyl (C=O) groups is 3. The lowest BCUT2D eigenvalue weighted by molar-refractivity contribution is -0.119. The van der Waals surface area contributed by atoms with Gasteiger partial charge < -0.3 is 25.8 Å². The van der Waals surface area contributed by atoms with E-state index in [0.29, 0.717) is 45.7 Å². The molecule has 0 aliphatic carbocycles. The largest absolute Gasteiger partial charge is 0.390 e. The van der Waals surface area contributed by atoms with Gasteiger partial charge in [-0.15, -0.1) is 0 Å². The van der Waals surface area contributed by atoms with Gasteiger partial charge in [-0.25, -0.2) is 4.79 Å². The number of aromatic amines is 1. The van der Waals surface area contributed by atoms with Gasteiger partial charge in [0.1, 0.15) is 6.23 Å². The summed E-state index contributed by atoms with van der Waals surface area (Å²) in [6.07, 6.45) is 2.79. The molecule has 0 saturated carbocycles. The van der Waals surface area contributed by atoms with Gasteiger partial charge in [-0.05, 0) is 12.5 Å². The van der Waals surface area contributed by atoms with E-state index in [1.807, 2.05) is 11.8 Å². The van der Waals surface area contributed by atoms with E-state index >= 15 is 0 Å². The van der Waals surface area contributed by atoms with E-state index in [0.717, 1.165) is 0 Å². The second-order valence-electron chi connectivity index (χ2n) is 8.52. The molecule has 3 atom stereocenters. The van der Waals surface area contributed by atoms with Gasteiger partial charge in [-0.3, -0.25) is 33.6 Å². The minimum absolute atomic E-state index is 0.0926. The van der Waals surface area contributed by atoms with Gasteiger partial charge in [0.25, 0.3) is 5.56 Å².